The van der Waals surface area contributed by atoms with Crippen LogP contribution in [-0.4, -0.2) is 17.5 Å². The van der Waals surface area contributed by atoms with Crippen LogP contribution in [0.4, 0.5) is 0 Å². The molecule has 4 nitrogen and oxygen atoms in total. The van der Waals surface area contributed by atoms with Crippen LogP contribution in [0.25, 0.3) is 11.1 Å². The predicted molar refractivity (Wildman–Crippen MR) is 205 cm³/mol. The van der Waals surface area contributed by atoms with Crippen LogP contribution in [0.5, 0.6) is 0 Å². The Morgan fingerprint density at radius 3 is 1.87 bits per heavy atom. The van der Waals surface area contributed by atoms with E-state index >= 15 is 0 Å². The lowest BCUT2D eigenvalue weighted by atomic mass is 10.0. The summed E-state index contributed by atoms with van der Waals surface area (Å²) >= 11 is 0. The van der Waals surface area contributed by atoms with Crippen LogP contribution in [0.2, 0.25) is 0 Å². The van der Waals surface area contributed by atoms with Gasteiger partial charge in [-0.05, 0) is 86.8 Å². The number of allylic oxidation sites excluding steroid dienone is 2. The molecule has 0 aliphatic carbocycles. The molecule has 0 radical (unpaired) electrons. The first-order valence-electron chi connectivity index (χ1n) is 15.2. The molecule has 4 aromatic rings. The minimum atomic E-state index is -0.280. The standard InChI is InChI=1S/C21H20S.C16H25N3S.C2H5N/c1-3-17-13-15-18(16-14-17)20-11-7-8-12-21(20)22(2)19-9-5-4-6-10-19;1-6-10-13(2)17-14(3)15(4)18-19-20(5)16-11-8-7-9-12-16;1-2-3/h4-16H,2-3H2,1H3;7-9,11-12,18-19H,5-6,10H2,1-4H3;2H,1,3H2/b;15-14+,17-13?;. The number of nitrogens with two attached hydrogens (primary N) is 1. The van der Waals surface area contributed by atoms with Gasteiger partial charge < -0.3 is 11.2 Å². The summed E-state index contributed by atoms with van der Waals surface area (Å²) < 4.78 is 0. The minimum Gasteiger partial charge on any atom is -0.405 e. The highest BCUT2D eigenvalue weighted by Crippen LogP contribution is 2.40. The SMILES string of the molecule is C=CN.C=S(NN/C(C)=C(\C)N=C(C)CCC)c1ccccc1.C=S(c1ccccc1)c1ccccc1-c1ccc(CC)cc1. The monoisotopic (exact) mass is 638 g/mol. The van der Waals surface area contributed by atoms with Gasteiger partial charge in [0.1, 0.15) is 0 Å². The molecule has 2 atom stereocenters. The molecule has 4 aromatic carbocycles. The van der Waals surface area contributed by atoms with E-state index in [9.17, 15) is 0 Å². The van der Waals surface area contributed by atoms with Gasteiger partial charge in [-0.15, -0.1) is 10.5 Å². The van der Waals surface area contributed by atoms with Crippen LogP contribution in [0.15, 0.2) is 153 Å². The fourth-order valence-corrected chi connectivity index (χ4v) is 6.53. The highest BCUT2D eigenvalue weighted by Gasteiger charge is 2.08. The third-order valence-corrected chi connectivity index (χ3v) is 9.67. The van der Waals surface area contributed by atoms with E-state index in [1.54, 1.807) is 0 Å². The summed E-state index contributed by atoms with van der Waals surface area (Å²) in [6.45, 7) is 13.6. The largest absolute Gasteiger partial charge is 0.405 e. The Kier molecular flexibility index (Phi) is 17.3. The van der Waals surface area contributed by atoms with Crippen molar-refractivity contribution in [2.45, 2.75) is 68.6 Å². The lowest BCUT2D eigenvalue weighted by Crippen LogP contribution is -2.25. The maximum Gasteiger partial charge on any atom is 0.0572 e. The van der Waals surface area contributed by atoms with Crippen molar-refractivity contribution >= 4 is 38.6 Å². The number of benzene rings is 4. The number of aryl methyl sites for hydroxylation is 1. The summed E-state index contributed by atoms with van der Waals surface area (Å²) in [6, 6.07) is 38.2. The van der Waals surface area contributed by atoms with Crippen molar-refractivity contribution in [1.29, 1.82) is 0 Å². The normalized spacial score (nSPS) is 12.7. The first-order chi connectivity index (χ1) is 21.7. The van der Waals surface area contributed by atoms with E-state index in [4.69, 9.17) is 0 Å². The molecule has 0 spiro atoms. The van der Waals surface area contributed by atoms with Gasteiger partial charge in [-0.3, -0.25) is 4.99 Å². The molecule has 4 N–H and O–H groups in total. The van der Waals surface area contributed by atoms with Crippen molar-refractivity contribution in [1.82, 2.24) is 10.3 Å². The lowest BCUT2D eigenvalue weighted by molar-refractivity contribution is 0.791. The van der Waals surface area contributed by atoms with Gasteiger partial charge in [-0.2, -0.15) is 4.83 Å². The van der Waals surface area contributed by atoms with E-state index in [0.29, 0.717) is 0 Å². The predicted octanol–water partition coefficient (Wildman–Crippen LogP) is 10.4. The molecular formula is C39H50N4S2. The van der Waals surface area contributed by atoms with Crippen LogP contribution in [0.3, 0.4) is 0 Å². The van der Waals surface area contributed by atoms with Gasteiger partial charge in [0.2, 0.25) is 0 Å². The van der Waals surface area contributed by atoms with E-state index in [1.165, 1.54) is 43.3 Å². The van der Waals surface area contributed by atoms with Crippen molar-refractivity contribution in [3.63, 3.8) is 0 Å². The first-order valence-corrected chi connectivity index (χ1v) is 18.0. The Bertz CT molecular complexity index is 1560. The molecule has 0 saturated carbocycles. The molecular weight excluding hydrogens is 589 g/mol. The Morgan fingerprint density at radius 1 is 0.778 bits per heavy atom. The van der Waals surface area contributed by atoms with Gasteiger partial charge in [-0.25, -0.2) is 0 Å². The number of hydrazine groups is 1. The second kappa shape index (κ2) is 20.9. The smallest absolute Gasteiger partial charge is 0.0572 e. The molecule has 0 aromatic heterocycles. The van der Waals surface area contributed by atoms with Crippen molar-refractivity contribution in [2.75, 3.05) is 0 Å². The number of aliphatic imine (C=N–C) groups is 1. The average molecular weight is 639 g/mol. The molecule has 4 rings (SSSR count). The second-order valence-electron chi connectivity index (χ2n) is 10.2. The molecule has 0 fully saturated rings. The Balaban J connectivity index is 0.000000290. The molecule has 0 saturated heterocycles. The Hall–Kier alpha value is -3.97. The number of rotatable bonds is 11. The molecule has 238 valence electrons. The molecule has 0 amide bonds. The zero-order valence-corrected chi connectivity index (χ0v) is 29.2. The summed E-state index contributed by atoms with van der Waals surface area (Å²) in [6.07, 6.45) is 4.50. The van der Waals surface area contributed by atoms with Crippen LogP contribution in [0.1, 0.15) is 53.0 Å². The Morgan fingerprint density at radius 2 is 1.31 bits per heavy atom. The van der Waals surface area contributed by atoms with Gasteiger partial charge in [0.25, 0.3) is 0 Å². The summed E-state index contributed by atoms with van der Waals surface area (Å²) in [5.74, 6) is 8.55. The molecule has 0 aliphatic rings. The van der Waals surface area contributed by atoms with E-state index in [-0.39, 0.29) is 21.2 Å². The van der Waals surface area contributed by atoms with Gasteiger partial charge in [0.15, 0.2) is 0 Å². The van der Waals surface area contributed by atoms with E-state index < -0.39 is 0 Å². The summed E-state index contributed by atoms with van der Waals surface area (Å²) in [7, 11) is -0.446. The van der Waals surface area contributed by atoms with Crippen molar-refractivity contribution < 1.29 is 0 Å². The van der Waals surface area contributed by atoms with Gasteiger partial charge in [-0.1, -0.05) is 128 Å². The van der Waals surface area contributed by atoms with Gasteiger partial charge in [0, 0.05) is 26.1 Å². The van der Waals surface area contributed by atoms with E-state index in [1.807, 2.05) is 32.0 Å². The van der Waals surface area contributed by atoms with Crippen LogP contribution < -0.4 is 16.0 Å². The molecule has 6 heteroatoms. The third-order valence-electron chi connectivity index (χ3n) is 6.76. The highest BCUT2D eigenvalue weighted by atomic mass is 32.2. The molecule has 0 aliphatic heterocycles. The average Bonchev–Trinajstić information content (AvgIpc) is 3.08. The second-order valence-corrected chi connectivity index (χ2v) is 13.4. The molecule has 0 heterocycles. The highest BCUT2D eigenvalue weighted by molar-refractivity contribution is 8.14. The van der Waals surface area contributed by atoms with Crippen molar-refractivity contribution in [2.24, 2.45) is 10.7 Å². The quantitative estimate of drug-likeness (QED) is 0.0870. The van der Waals surface area contributed by atoms with Gasteiger partial charge in [0.05, 0.1) is 5.70 Å². The molecule has 45 heavy (non-hydrogen) atoms. The zero-order valence-electron chi connectivity index (χ0n) is 27.6. The fourth-order valence-electron chi connectivity index (χ4n) is 4.21. The van der Waals surface area contributed by atoms with E-state index in [0.717, 1.165) is 30.7 Å². The Labute approximate surface area is 277 Å². The number of hydrogen-bond donors (Lipinski definition) is 3. The summed E-state index contributed by atoms with van der Waals surface area (Å²) in [5.41, 5.74) is 14.9. The van der Waals surface area contributed by atoms with Crippen molar-refractivity contribution in [3.8, 4) is 11.1 Å². The lowest BCUT2D eigenvalue weighted by Gasteiger charge is -2.14. The third kappa shape index (κ3) is 12.9. The van der Waals surface area contributed by atoms with Crippen molar-refractivity contribution in [3.05, 3.63) is 139 Å². The number of hydrogen-bond acceptors (Lipinski definition) is 4. The summed E-state index contributed by atoms with van der Waals surface area (Å²) in [5, 5.41) is 0. The van der Waals surface area contributed by atoms with Crippen LogP contribution in [-0.2, 0) is 6.42 Å². The molecule has 2 unspecified atom stereocenters. The maximum absolute atomic E-state index is 4.61. The molecule has 0 bridgehead atoms. The number of nitrogens with zero attached hydrogens (tertiary/aromatic N) is 1. The van der Waals surface area contributed by atoms with Crippen LogP contribution >= 0.6 is 21.2 Å². The van der Waals surface area contributed by atoms with Crippen LogP contribution in [0, 0.1) is 0 Å². The van der Waals surface area contributed by atoms with Gasteiger partial charge >= 0.3 is 0 Å². The maximum atomic E-state index is 4.61. The minimum absolute atomic E-state index is 0.166. The van der Waals surface area contributed by atoms with E-state index in [2.05, 4.69) is 151 Å². The fraction of sp³-hybridized carbons (Fsp3) is 0.205. The first kappa shape index (κ1) is 37.2. The zero-order chi connectivity index (χ0) is 33.0. The number of nitrogens with one attached hydrogen (secondary N) is 2. The topological polar surface area (TPSA) is 62.4 Å². The summed E-state index contributed by atoms with van der Waals surface area (Å²) in [4.78, 5) is 11.6.